The molecule has 1 heterocycles. The molecule has 0 aromatic heterocycles. The van der Waals surface area contributed by atoms with Gasteiger partial charge in [0.15, 0.2) is 11.4 Å². The van der Waals surface area contributed by atoms with Gasteiger partial charge >= 0.3 is 11.7 Å². The van der Waals surface area contributed by atoms with E-state index in [1.807, 2.05) is 0 Å². The van der Waals surface area contributed by atoms with Crippen molar-refractivity contribution in [3.05, 3.63) is 67.8 Å². The summed E-state index contributed by atoms with van der Waals surface area (Å²) in [4.78, 5) is 26.9. The summed E-state index contributed by atoms with van der Waals surface area (Å²) < 4.78 is 16.2. The molecule has 9 heteroatoms. The van der Waals surface area contributed by atoms with Crippen LogP contribution in [0, 0.1) is 10.1 Å². The van der Waals surface area contributed by atoms with Crippen LogP contribution in [0.25, 0.3) is 6.08 Å². The summed E-state index contributed by atoms with van der Waals surface area (Å²) in [7, 11) is 2.85. The minimum absolute atomic E-state index is 0.0223. The van der Waals surface area contributed by atoms with Crippen LogP contribution in [0.5, 0.6) is 11.5 Å². The molecule has 0 saturated heterocycles. The summed E-state index contributed by atoms with van der Waals surface area (Å²) in [5.41, 5.74) is 0.727. The second kappa shape index (κ2) is 7.58. The van der Waals surface area contributed by atoms with E-state index >= 15 is 0 Å². The normalized spacial score (nSPS) is 14.7. The third-order valence-electron chi connectivity index (χ3n) is 3.73. The molecule has 27 heavy (non-hydrogen) atoms. The van der Waals surface area contributed by atoms with E-state index in [0.29, 0.717) is 16.9 Å². The number of carbonyl (C=O) groups excluding carboxylic acids is 1. The second-order valence-electron chi connectivity index (χ2n) is 5.37. The van der Waals surface area contributed by atoms with Crippen LogP contribution in [0.3, 0.4) is 0 Å². The number of cyclic esters (lactones) is 1. The standard InChI is InChI=1S/C18H13BrN2O6/c1-25-15-6-4-12(19)7-11(15)8-13-18(22)27-17(20-13)10-3-5-16(26-2)14(9-10)21(23)24/h3-9H,1-2H3/b13-8-. The first-order chi connectivity index (χ1) is 12.9. The molecule has 0 amide bonds. The van der Waals surface area contributed by atoms with Gasteiger partial charge in [-0.15, -0.1) is 0 Å². The molecular formula is C18H13BrN2O6. The van der Waals surface area contributed by atoms with Crippen molar-refractivity contribution in [1.82, 2.24) is 0 Å². The Morgan fingerprint density at radius 2 is 1.85 bits per heavy atom. The summed E-state index contributed by atoms with van der Waals surface area (Å²) in [6.07, 6.45) is 1.52. The maximum atomic E-state index is 12.2. The van der Waals surface area contributed by atoms with Gasteiger partial charge in [-0.25, -0.2) is 9.79 Å². The number of methoxy groups -OCH3 is 2. The molecule has 0 fully saturated rings. The average molecular weight is 433 g/mol. The predicted octanol–water partition coefficient (Wildman–Crippen LogP) is 3.72. The summed E-state index contributed by atoms with van der Waals surface area (Å²) in [5.74, 6) is -0.0259. The molecule has 0 bridgehead atoms. The van der Waals surface area contributed by atoms with Gasteiger partial charge in [0.1, 0.15) is 5.75 Å². The first-order valence-electron chi connectivity index (χ1n) is 7.62. The molecule has 0 atom stereocenters. The molecule has 0 saturated carbocycles. The quantitative estimate of drug-likeness (QED) is 0.309. The van der Waals surface area contributed by atoms with E-state index in [-0.39, 0.29) is 23.0 Å². The zero-order chi connectivity index (χ0) is 19.6. The first-order valence-corrected chi connectivity index (χ1v) is 8.41. The van der Waals surface area contributed by atoms with E-state index < -0.39 is 10.9 Å². The predicted molar refractivity (Wildman–Crippen MR) is 101 cm³/mol. The third-order valence-corrected chi connectivity index (χ3v) is 4.22. The van der Waals surface area contributed by atoms with Crippen LogP contribution >= 0.6 is 15.9 Å². The number of carbonyl (C=O) groups is 1. The Hall–Kier alpha value is -3.20. The molecule has 2 aromatic rings. The van der Waals surface area contributed by atoms with Crippen LogP contribution in [0.15, 0.2) is 51.6 Å². The molecule has 0 unspecified atom stereocenters. The molecule has 1 aliphatic rings. The Morgan fingerprint density at radius 1 is 1.15 bits per heavy atom. The Labute approximate surface area is 162 Å². The number of benzene rings is 2. The molecule has 3 rings (SSSR count). The number of ether oxygens (including phenoxy) is 3. The molecule has 2 aromatic carbocycles. The zero-order valence-corrected chi connectivity index (χ0v) is 15.8. The molecule has 0 N–H and O–H groups in total. The van der Waals surface area contributed by atoms with Crippen molar-refractivity contribution in [3.63, 3.8) is 0 Å². The monoisotopic (exact) mass is 432 g/mol. The third kappa shape index (κ3) is 3.82. The molecule has 1 aliphatic heterocycles. The highest BCUT2D eigenvalue weighted by Crippen LogP contribution is 2.30. The van der Waals surface area contributed by atoms with Gasteiger partial charge in [0.25, 0.3) is 0 Å². The minimum atomic E-state index is -0.662. The van der Waals surface area contributed by atoms with Crippen LogP contribution in [0.1, 0.15) is 11.1 Å². The highest BCUT2D eigenvalue weighted by molar-refractivity contribution is 9.10. The van der Waals surface area contributed by atoms with Crippen molar-refractivity contribution < 1.29 is 23.9 Å². The largest absolute Gasteiger partial charge is 0.496 e. The topological polar surface area (TPSA) is 100 Å². The van der Waals surface area contributed by atoms with Gasteiger partial charge in [0, 0.05) is 21.7 Å². The molecule has 8 nitrogen and oxygen atoms in total. The maximum Gasteiger partial charge on any atom is 0.363 e. The lowest BCUT2D eigenvalue weighted by Crippen LogP contribution is -2.06. The summed E-state index contributed by atoms with van der Waals surface area (Å²) in [6, 6.07) is 9.51. The summed E-state index contributed by atoms with van der Waals surface area (Å²) in [5, 5.41) is 11.2. The highest BCUT2D eigenvalue weighted by Gasteiger charge is 2.27. The van der Waals surface area contributed by atoms with E-state index in [1.165, 1.54) is 38.5 Å². The number of hydrogen-bond donors (Lipinski definition) is 0. The van der Waals surface area contributed by atoms with Crippen LogP contribution in [-0.2, 0) is 9.53 Å². The number of nitro groups is 1. The molecular weight excluding hydrogens is 420 g/mol. The van der Waals surface area contributed by atoms with Crippen LogP contribution in [-0.4, -0.2) is 31.0 Å². The number of nitro benzene ring substituents is 1. The van der Waals surface area contributed by atoms with Gasteiger partial charge < -0.3 is 14.2 Å². The lowest BCUT2D eigenvalue weighted by Gasteiger charge is -2.04. The average Bonchev–Trinajstić information content (AvgIpc) is 3.02. The minimum Gasteiger partial charge on any atom is -0.496 e. The van der Waals surface area contributed by atoms with Crippen LogP contribution in [0.4, 0.5) is 5.69 Å². The van der Waals surface area contributed by atoms with Gasteiger partial charge in [0.2, 0.25) is 5.90 Å². The van der Waals surface area contributed by atoms with Gasteiger partial charge in [0.05, 0.1) is 19.1 Å². The number of aliphatic imine (C=N–C) groups is 1. The van der Waals surface area contributed by atoms with Crippen molar-refractivity contribution >= 4 is 39.6 Å². The SMILES string of the molecule is COc1ccc(Br)cc1/C=C1\N=C(c2ccc(OC)c([N+](=O)[O-])c2)OC1=O. The molecule has 138 valence electrons. The van der Waals surface area contributed by atoms with Crippen molar-refractivity contribution in [1.29, 1.82) is 0 Å². The van der Waals surface area contributed by atoms with Gasteiger partial charge in [-0.2, -0.15) is 0 Å². The van der Waals surface area contributed by atoms with E-state index in [1.54, 1.807) is 18.2 Å². The van der Waals surface area contributed by atoms with Crippen molar-refractivity contribution in [3.8, 4) is 11.5 Å². The molecule has 0 aliphatic carbocycles. The Kier molecular flexibility index (Phi) is 5.22. The van der Waals surface area contributed by atoms with Gasteiger partial charge in [-0.3, -0.25) is 10.1 Å². The summed E-state index contributed by atoms with van der Waals surface area (Å²) in [6.45, 7) is 0. The zero-order valence-electron chi connectivity index (χ0n) is 14.3. The second-order valence-corrected chi connectivity index (χ2v) is 6.28. The van der Waals surface area contributed by atoms with E-state index in [4.69, 9.17) is 14.2 Å². The van der Waals surface area contributed by atoms with Gasteiger partial charge in [-0.05, 0) is 36.4 Å². The van der Waals surface area contributed by atoms with E-state index in [2.05, 4.69) is 20.9 Å². The smallest absolute Gasteiger partial charge is 0.363 e. The highest BCUT2D eigenvalue weighted by atomic mass is 79.9. The Morgan fingerprint density at radius 3 is 2.52 bits per heavy atom. The van der Waals surface area contributed by atoms with Crippen molar-refractivity contribution in [2.75, 3.05) is 14.2 Å². The number of nitrogens with zero attached hydrogens (tertiary/aromatic N) is 2. The Balaban J connectivity index is 2.01. The number of rotatable bonds is 5. The van der Waals surface area contributed by atoms with E-state index in [0.717, 1.165) is 4.47 Å². The fourth-order valence-electron chi connectivity index (χ4n) is 2.46. The van der Waals surface area contributed by atoms with Crippen LogP contribution in [0.2, 0.25) is 0 Å². The fourth-order valence-corrected chi connectivity index (χ4v) is 2.84. The molecule has 0 spiro atoms. The lowest BCUT2D eigenvalue weighted by molar-refractivity contribution is -0.385. The Bertz CT molecular complexity index is 999. The van der Waals surface area contributed by atoms with Crippen LogP contribution < -0.4 is 9.47 Å². The van der Waals surface area contributed by atoms with Gasteiger partial charge in [-0.1, -0.05) is 15.9 Å². The number of hydrogen-bond acceptors (Lipinski definition) is 7. The lowest BCUT2D eigenvalue weighted by atomic mass is 10.1. The maximum absolute atomic E-state index is 12.2. The fraction of sp³-hybridized carbons (Fsp3) is 0.111. The first kappa shape index (κ1) is 18.6. The van der Waals surface area contributed by atoms with E-state index in [9.17, 15) is 14.9 Å². The summed E-state index contributed by atoms with van der Waals surface area (Å²) >= 11 is 3.36. The number of halogens is 1. The number of esters is 1. The van der Waals surface area contributed by atoms with Crippen molar-refractivity contribution in [2.45, 2.75) is 0 Å². The van der Waals surface area contributed by atoms with Crippen molar-refractivity contribution in [2.24, 2.45) is 4.99 Å². The molecule has 0 radical (unpaired) electrons.